The predicted octanol–water partition coefficient (Wildman–Crippen LogP) is 5.62. The van der Waals surface area contributed by atoms with E-state index in [0.717, 1.165) is 39.0 Å². The molecule has 5 rings (SSSR count). The van der Waals surface area contributed by atoms with E-state index in [1.54, 1.807) is 6.07 Å². The fourth-order valence-corrected chi connectivity index (χ4v) is 7.15. The number of hydrogen-bond donors (Lipinski definition) is 0. The van der Waals surface area contributed by atoms with Crippen LogP contribution < -0.4 is 9.64 Å². The number of benzene rings is 1. The molecule has 3 aliphatic heterocycles. The van der Waals surface area contributed by atoms with Crippen molar-refractivity contribution in [2.24, 2.45) is 5.41 Å². The molecule has 3 saturated heterocycles. The largest absolute Gasteiger partial charge is 0.490 e. The average molecular weight is 486 g/mol. The van der Waals surface area contributed by atoms with Crippen molar-refractivity contribution in [2.45, 2.75) is 89.5 Å². The Kier molecular flexibility index (Phi) is 8.29. The molecule has 194 valence electrons. The summed E-state index contributed by atoms with van der Waals surface area (Å²) in [5.74, 6) is 0.0470. The highest BCUT2D eigenvalue weighted by atomic mass is 19.1. The van der Waals surface area contributed by atoms with Gasteiger partial charge < -0.3 is 19.4 Å². The number of likely N-dealkylation sites (tertiary alicyclic amines) is 2. The van der Waals surface area contributed by atoms with E-state index in [2.05, 4.69) is 9.80 Å². The fourth-order valence-electron chi connectivity index (χ4n) is 7.15. The van der Waals surface area contributed by atoms with E-state index >= 15 is 0 Å². The molecule has 1 saturated carbocycles. The number of anilines is 1. The Morgan fingerprint density at radius 2 is 1.69 bits per heavy atom. The van der Waals surface area contributed by atoms with Gasteiger partial charge in [0.05, 0.1) is 12.6 Å². The molecule has 4 aliphatic rings. The highest BCUT2D eigenvalue weighted by molar-refractivity contribution is 5.96. The summed E-state index contributed by atoms with van der Waals surface area (Å²) >= 11 is 0. The third-order valence-electron chi connectivity index (χ3n) is 8.97. The van der Waals surface area contributed by atoms with Crippen molar-refractivity contribution < 1.29 is 13.9 Å². The lowest BCUT2D eigenvalue weighted by molar-refractivity contribution is -0.117. The summed E-state index contributed by atoms with van der Waals surface area (Å²) in [6.07, 6.45) is 15.8. The average Bonchev–Trinajstić information content (AvgIpc) is 3.23. The molecule has 3 heterocycles. The maximum absolute atomic E-state index is 15.0. The number of halogens is 1. The Balaban J connectivity index is 1.11. The predicted molar refractivity (Wildman–Crippen MR) is 139 cm³/mol. The number of ether oxygens (including phenoxy) is 1. The van der Waals surface area contributed by atoms with Gasteiger partial charge in [0.15, 0.2) is 11.6 Å². The SMILES string of the molecule is O=C1CCC(CN2CCCCC2)N1c1ccc(OCCCN2CCCC3(CCCCC3)C2)c(F)c1. The van der Waals surface area contributed by atoms with Crippen molar-refractivity contribution in [2.75, 3.05) is 50.8 Å². The van der Waals surface area contributed by atoms with Gasteiger partial charge in [-0.2, -0.15) is 0 Å². The van der Waals surface area contributed by atoms with Gasteiger partial charge in [-0.3, -0.25) is 4.79 Å². The van der Waals surface area contributed by atoms with Crippen molar-refractivity contribution in [3.63, 3.8) is 0 Å². The molecule has 5 nitrogen and oxygen atoms in total. The zero-order valence-electron chi connectivity index (χ0n) is 21.5. The van der Waals surface area contributed by atoms with Gasteiger partial charge in [0.1, 0.15) is 0 Å². The summed E-state index contributed by atoms with van der Waals surface area (Å²) in [5, 5.41) is 0. The van der Waals surface area contributed by atoms with Crippen molar-refractivity contribution in [1.29, 1.82) is 0 Å². The van der Waals surface area contributed by atoms with Crippen LogP contribution in [0.25, 0.3) is 0 Å². The molecular formula is C29H44FN3O2. The first-order chi connectivity index (χ1) is 17.1. The maximum Gasteiger partial charge on any atom is 0.227 e. The van der Waals surface area contributed by atoms with Crippen LogP contribution in [0.2, 0.25) is 0 Å². The Labute approximate surface area is 211 Å². The Bertz CT molecular complexity index is 845. The van der Waals surface area contributed by atoms with E-state index in [-0.39, 0.29) is 17.8 Å². The molecule has 0 radical (unpaired) electrons. The number of carbonyl (C=O) groups is 1. The third kappa shape index (κ3) is 6.19. The second kappa shape index (κ2) is 11.6. The Morgan fingerprint density at radius 3 is 2.49 bits per heavy atom. The van der Waals surface area contributed by atoms with Crippen LogP contribution in [0.3, 0.4) is 0 Å². The lowest BCUT2D eigenvalue weighted by Crippen LogP contribution is -2.44. The quantitative estimate of drug-likeness (QED) is 0.448. The summed E-state index contributed by atoms with van der Waals surface area (Å²) < 4.78 is 20.8. The molecule has 0 bridgehead atoms. The lowest BCUT2D eigenvalue weighted by atomic mass is 9.69. The third-order valence-corrected chi connectivity index (χ3v) is 8.97. The smallest absolute Gasteiger partial charge is 0.227 e. The van der Waals surface area contributed by atoms with Gasteiger partial charge in [0.25, 0.3) is 0 Å². The van der Waals surface area contributed by atoms with Crippen LogP contribution in [0.15, 0.2) is 18.2 Å². The van der Waals surface area contributed by atoms with Gasteiger partial charge in [-0.05, 0) is 88.5 Å². The minimum atomic E-state index is -0.363. The minimum absolute atomic E-state index is 0.109. The molecule has 35 heavy (non-hydrogen) atoms. The topological polar surface area (TPSA) is 36.0 Å². The highest BCUT2D eigenvalue weighted by Crippen LogP contribution is 2.43. The lowest BCUT2D eigenvalue weighted by Gasteiger charge is -2.45. The molecule has 6 heteroatoms. The second-order valence-electron chi connectivity index (χ2n) is 11.6. The van der Waals surface area contributed by atoms with Gasteiger partial charge in [-0.15, -0.1) is 0 Å². The van der Waals surface area contributed by atoms with E-state index in [0.29, 0.717) is 29.9 Å². The zero-order chi connectivity index (χ0) is 24.1. The molecule has 0 N–H and O–H groups in total. The normalized spacial score (nSPS) is 25.9. The van der Waals surface area contributed by atoms with E-state index in [1.165, 1.54) is 83.4 Å². The number of amides is 1. The van der Waals surface area contributed by atoms with Crippen molar-refractivity contribution in [1.82, 2.24) is 9.80 Å². The van der Waals surface area contributed by atoms with Crippen molar-refractivity contribution in [3.8, 4) is 5.75 Å². The molecule has 1 aromatic rings. The van der Waals surface area contributed by atoms with Crippen LogP contribution in [0.5, 0.6) is 5.75 Å². The van der Waals surface area contributed by atoms with Crippen LogP contribution in [-0.4, -0.2) is 67.6 Å². The van der Waals surface area contributed by atoms with Crippen LogP contribution in [0.1, 0.15) is 83.5 Å². The van der Waals surface area contributed by atoms with Gasteiger partial charge in [-0.25, -0.2) is 4.39 Å². The number of rotatable bonds is 8. The Hall–Kier alpha value is -1.66. The van der Waals surface area contributed by atoms with Crippen LogP contribution in [0.4, 0.5) is 10.1 Å². The van der Waals surface area contributed by atoms with Crippen molar-refractivity contribution >= 4 is 11.6 Å². The molecule has 1 atom stereocenters. The van der Waals surface area contributed by atoms with Gasteiger partial charge >= 0.3 is 0 Å². The van der Waals surface area contributed by atoms with Gasteiger partial charge in [0, 0.05) is 37.8 Å². The van der Waals surface area contributed by atoms with Crippen LogP contribution in [-0.2, 0) is 4.79 Å². The van der Waals surface area contributed by atoms with Gasteiger partial charge in [0.2, 0.25) is 5.91 Å². The van der Waals surface area contributed by atoms with E-state index < -0.39 is 0 Å². The molecular weight excluding hydrogens is 441 g/mol. The molecule has 1 amide bonds. The summed E-state index contributed by atoms with van der Waals surface area (Å²) in [7, 11) is 0. The number of hydrogen-bond acceptors (Lipinski definition) is 4. The van der Waals surface area contributed by atoms with E-state index in [4.69, 9.17) is 4.74 Å². The molecule has 1 aliphatic carbocycles. The molecule has 0 aromatic heterocycles. The highest BCUT2D eigenvalue weighted by Gasteiger charge is 2.36. The number of piperidine rings is 2. The van der Waals surface area contributed by atoms with Crippen molar-refractivity contribution in [3.05, 3.63) is 24.0 Å². The fraction of sp³-hybridized carbons (Fsp3) is 0.759. The van der Waals surface area contributed by atoms with Gasteiger partial charge in [-0.1, -0.05) is 25.7 Å². The molecule has 1 aromatic carbocycles. The van der Waals surface area contributed by atoms with E-state index in [1.807, 2.05) is 11.0 Å². The summed E-state index contributed by atoms with van der Waals surface area (Å²) in [5.41, 5.74) is 1.24. The first-order valence-electron chi connectivity index (χ1n) is 14.3. The standard InChI is InChI=1S/C29H44FN3O2/c30-26-21-24(33-25(10-12-28(33)34)22-31-16-5-2-6-17-31)9-11-27(26)35-20-8-19-32-18-7-15-29(23-32)13-3-1-4-14-29/h9,11,21,25H,1-8,10,12-20,22-23H2. The maximum atomic E-state index is 15.0. The first-order valence-corrected chi connectivity index (χ1v) is 14.3. The minimum Gasteiger partial charge on any atom is -0.490 e. The van der Waals surface area contributed by atoms with E-state index in [9.17, 15) is 9.18 Å². The molecule has 1 unspecified atom stereocenters. The molecule has 4 fully saturated rings. The Morgan fingerprint density at radius 1 is 0.943 bits per heavy atom. The summed E-state index contributed by atoms with van der Waals surface area (Å²) in [6, 6.07) is 5.22. The summed E-state index contributed by atoms with van der Waals surface area (Å²) in [6.45, 7) is 7.09. The monoisotopic (exact) mass is 485 g/mol. The summed E-state index contributed by atoms with van der Waals surface area (Å²) in [4.78, 5) is 19.6. The molecule has 1 spiro atoms. The number of nitrogens with zero attached hydrogens (tertiary/aromatic N) is 3. The second-order valence-corrected chi connectivity index (χ2v) is 11.6. The van der Waals surface area contributed by atoms with Crippen LogP contribution in [0, 0.1) is 11.2 Å². The first kappa shape index (κ1) is 25.0. The number of carbonyl (C=O) groups excluding carboxylic acids is 1. The van der Waals surface area contributed by atoms with Crippen LogP contribution >= 0.6 is 0 Å². The zero-order valence-corrected chi connectivity index (χ0v) is 21.5.